The van der Waals surface area contributed by atoms with Gasteiger partial charge in [-0.25, -0.2) is 4.68 Å². The molecule has 3 N–H and O–H groups in total. The van der Waals surface area contributed by atoms with E-state index >= 15 is 0 Å². The Labute approximate surface area is 108 Å². The third-order valence-electron chi connectivity index (χ3n) is 3.60. The summed E-state index contributed by atoms with van der Waals surface area (Å²) in [4.78, 5) is 0. The van der Waals surface area contributed by atoms with Crippen LogP contribution in [0.3, 0.4) is 0 Å². The highest BCUT2D eigenvalue weighted by atomic mass is 16.3. The van der Waals surface area contributed by atoms with Gasteiger partial charge in [-0.3, -0.25) is 0 Å². The van der Waals surface area contributed by atoms with Crippen molar-refractivity contribution >= 4 is 0 Å². The minimum Gasteiger partial charge on any atom is -0.391 e. The van der Waals surface area contributed by atoms with Crippen LogP contribution in [0.4, 0.5) is 0 Å². The number of aliphatic hydroxyl groups excluding tert-OH is 1. The summed E-state index contributed by atoms with van der Waals surface area (Å²) in [7, 11) is 0. The van der Waals surface area contributed by atoms with Crippen molar-refractivity contribution in [2.24, 2.45) is 17.6 Å². The lowest BCUT2D eigenvalue weighted by atomic mass is 10.1. The highest BCUT2D eigenvalue weighted by Gasteiger charge is 2.30. The Morgan fingerprint density at radius 1 is 1.44 bits per heavy atom. The van der Waals surface area contributed by atoms with Crippen LogP contribution in [0.25, 0.3) is 0 Å². The number of aromatic nitrogens is 3. The van der Waals surface area contributed by atoms with Gasteiger partial charge in [0.15, 0.2) is 0 Å². The molecule has 5 heteroatoms. The summed E-state index contributed by atoms with van der Waals surface area (Å²) in [6.07, 6.45) is 4.03. The number of hydrogen-bond acceptors (Lipinski definition) is 4. The van der Waals surface area contributed by atoms with Crippen molar-refractivity contribution in [2.75, 3.05) is 0 Å². The van der Waals surface area contributed by atoms with Gasteiger partial charge in [0.05, 0.1) is 24.0 Å². The van der Waals surface area contributed by atoms with E-state index in [0.717, 1.165) is 37.1 Å². The molecule has 18 heavy (non-hydrogen) atoms. The summed E-state index contributed by atoms with van der Waals surface area (Å²) in [6.45, 7) is 5.39. The molecule has 1 unspecified atom stereocenters. The molecule has 0 amide bonds. The van der Waals surface area contributed by atoms with Crippen LogP contribution in [0.1, 0.15) is 44.5 Å². The van der Waals surface area contributed by atoms with E-state index in [1.54, 1.807) is 0 Å². The molecule has 1 aliphatic carbocycles. The van der Waals surface area contributed by atoms with Crippen LogP contribution < -0.4 is 5.73 Å². The van der Waals surface area contributed by atoms with Gasteiger partial charge in [0, 0.05) is 6.54 Å². The average molecular weight is 252 g/mol. The van der Waals surface area contributed by atoms with Gasteiger partial charge >= 0.3 is 0 Å². The Hall–Kier alpha value is -0.940. The Balaban J connectivity index is 2.05. The first-order valence-electron chi connectivity index (χ1n) is 6.91. The Morgan fingerprint density at radius 3 is 2.72 bits per heavy atom. The molecule has 1 saturated carbocycles. The fourth-order valence-electron chi connectivity index (χ4n) is 2.18. The van der Waals surface area contributed by atoms with Gasteiger partial charge < -0.3 is 10.8 Å². The molecular formula is C13H24N4O. The van der Waals surface area contributed by atoms with Crippen LogP contribution in [0.2, 0.25) is 0 Å². The summed E-state index contributed by atoms with van der Waals surface area (Å²) in [5.74, 6) is 1.11. The molecule has 2 rings (SSSR count). The molecule has 1 aliphatic rings. The van der Waals surface area contributed by atoms with Gasteiger partial charge in [-0.15, -0.1) is 5.10 Å². The first kappa shape index (κ1) is 13.5. The molecule has 1 aromatic rings. The van der Waals surface area contributed by atoms with Crippen LogP contribution >= 0.6 is 0 Å². The second-order valence-electron chi connectivity index (χ2n) is 5.71. The predicted molar refractivity (Wildman–Crippen MR) is 69.8 cm³/mol. The van der Waals surface area contributed by atoms with Crippen molar-refractivity contribution in [1.29, 1.82) is 0 Å². The lowest BCUT2D eigenvalue weighted by molar-refractivity contribution is 0.125. The smallest absolute Gasteiger partial charge is 0.0994 e. The summed E-state index contributed by atoms with van der Waals surface area (Å²) in [5, 5.41) is 18.3. The second-order valence-corrected chi connectivity index (χ2v) is 5.71. The molecule has 1 aromatic heterocycles. The zero-order valence-electron chi connectivity index (χ0n) is 11.3. The van der Waals surface area contributed by atoms with E-state index in [1.165, 1.54) is 0 Å². The van der Waals surface area contributed by atoms with Gasteiger partial charge in [0.25, 0.3) is 0 Å². The van der Waals surface area contributed by atoms with Crippen LogP contribution in [-0.4, -0.2) is 26.2 Å². The predicted octanol–water partition coefficient (Wildman–Crippen LogP) is 1.10. The third-order valence-corrected chi connectivity index (χ3v) is 3.60. The third kappa shape index (κ3) is 3.29. The highest BCUT2D eigenvalue weighted by Crippen LogP contribution is 2.33. The highest BCUT2D eigenvalue weighted by molar-refractivity contribution is 5.10. The molecule has 1 atom stereocenters. The van der Waals surface area contributed by atoms with Crippen molar-refractivity contribution in [3.05, 3.63) is 11.4 Å². The number of aliphatic hydroxyl groups is 1. The summed E-state index contributed by atoms with van der Waals surface area (Å²) in [6, 6.07) is 0. The second kappa shape index (κ2) is 5.80. The molecule has 102 valence electrons. The van der Waals surface area contributed by atoms with Crippen LogP contribution in [0.15, 0.2) is 0 Å². The van der Waals surface area contributed by atoms with Crippen LogP contribution in [0, 0.1) is 11.8 Å². The van der Waals surface area contributed by atoms with E-state index in [9.17, 15) is 5.11 Å². The van der Waals surface area contributed by atoms with Crippen molar-refractivity contribution in [2.45, 2.75) is 58.7 Å². The van der Waals surface area contributed by atoms with Crippen molar-refractivity contribution in [3.63, 3.8) is 0 Å². The van der Waals surface area contributed by atoms with Crippen LogP contribution in [0.5, 0.6) is 0 Å². The molecule has 0 saturated heterocycles. The number of nitrogens with two attached hydrogens (primary N) is 1. The summed E-state index contributed by atoms with van der Waals surface area (Å²) in [5.41, 5.74) is 7.67. The van der Waals surface area contributed by atoms with Gasteiger partial charge in [-0.05, 0) is 37.5 Å². The summed E-state index contributed by atoms with van der Waals surface area (Å²) < 4.78 is 1.85. The van der Waals surface area contributed by atoms with E-state index < -0.39 is 0 Å². The minimum atomic E-state index is -0.282. The average Bonchev–Trinajstić information content (AvgIpc) is 3.10. The molecule has 1 heterocycles. The van der Waals surface area contributed by atoms with Gasteiger partial charge in [0.1, 0.15) is 0 Å². The molecule has 0 bridgehead atoms. The molecule has 0 radical (unpaired) electrons. The van der Waals surface area contributed by atoms with E-state index in [0.29, 0.717) is 24.9 Å². The van der Waals surface area contributed by atoms with E-state index in [4.69, 9.17) is 5.73 Å². The number of nitrogens with zero attached hydrogens (tertiary/aromatic N) is 3. The maximum atomic E-state index is 10.0. The maximum Gasteiger partial charge on any atom is 0.0994 e. The Kier molecular flexibility index (Phi) is 4.35. The Morgan fingerprint density at radius 2 is 2.17 bits per heavy atom. The fourth-order valence-corrected chi connectivity index (χ4v) is 2.18. The first-order valence-corrected chi connectivity index (χ1v) is 6.91. The van der Waals surface area contributed by atoms with Crippen LogP contribution in [-0.2, 0) is 19.5 Å². The topological polar surface area (TPSA) is 77.0 Å². The minimum absolute atomic E-state index is 0.282. The van der Waals surface area contributed by atoms with E-state index in [-0.39, 0.29) is 6.10 Å². The zero-order valence-corrected chi connectivity index (χ0v) is 11.3. The zero-order chi connectivity index (χ0) is 13.1. The fraction of sp³-hybridized carbons (Fsp3) is 0.846. The monoisotopic (exact) mass is 252 g/mol. The first-order chi connectivity index (χ1) is 8.61. The molecule has 1 fully saturated rings. The molecule has 0 aliphatic heterocycles. The van der Waals surface area contributed by atoms with Gasteiger partial charge in [0.2, 0.25) is 0 Å². The molecule has 0 aromatic carbocycles. The quantitative estimate of drug-likeness (QED) is 0.761. The number of rotatable bonds is 7. The molecular weight excluding hydrogens is 228 g/mol. The van der Waals surface area contributed by atoms with Crippen molar-refractivity contribution in [3.8, 4) is 0 Å². The van der Waals surface area contributed by atoms with Gasteiger partial charge in [-0.2, -0.15) is 0 Å². The van der Waals surface area contributed by atoms with Gasteiger partial charge in [-0.1, -0.05) is 19.1 Å². The van der Waals surface area contributed by atoms with Crippen molar-refractivity contribution in [1.82, 2.24) is 15.0 Å². The summed E-state index contributed by atoms with van der Waals surface area (Å²) >= 11 is 0. The Bertz CT molecular complexity index is 384. The lowest BCUT2D eigenvalue weighted by Gasteiger charge is -2.13. The number of hydrogen-bond donors (Lipinski definition) is 2. The molecule has 5 nitrogen and oxygen atoms in total. The molecule has 0 spiro atoms. The lowest BCUT2D eigenvalue weighted by Crippen LogP contribution is -2.21. The van der Waals surface area contributed by atoms with E-state index in [2.05, 4.69) is 24.2 Å². The standard InChI is InChI=1S/C13H24N4O/c1-9(2)3-6-12-11(7-14)15-16-17(12)8-13(18)10-4-5-10/h9-10,13,18H,3-8,14H2,1-2H3. The van der Waals surface area contributed by atoms with E-state index in [1.807, 2.05) is 4.68 Å². The largest absolute Gasteiger partial charge is 0.391 e. The SMILES string of the molecule is CC(C)CCc1c(CN)nnn1CC(O)C1CC1. The maximum absolute atomic E-state index is 10.0. The normalized spacial score (nSPS) is 17.4. The van der Waals surface area contributed by atoms with Crippen molar-refractivity contribution < 1.29 is 5.11 Å².